The molecule has 0 aliphatic carbocycles. The van der Waals surface area contributed by atoms with E-state index in [9.17, 15) is 18.5 Å². The molecule has 0 saturated heterocycles. The highest BCUT2D eigenvalue weighted by Gasteiger charge is 2.26. The first-order valence-corrected chi connectivity index (χ1v) is 7.13. The third-order valence-corrected chi connectivity index (χ3v) is 4.06. The molecule has 8 nitrogen and oxygen atoms in total. The molecule has 100 valence electrons. The van der Waals surface area contributed by atoms with Crippen LogP contribution in [0.1, 0.15) is 0 Å². The molecule has 2 N–H and O–H groups in total. The number of nitro benzene ring substituents is 1. The Hall–Kier alpha value is -1.94. The van der Waals surface area contributed by atoms with Gasteiger partial charge in [0.25, 0.3) is 15.7 Å². The number of nitrogens with zero attached hydrogens (tertiary/aromatic N) is 2. The number of H-pyrrole nitrogens is 1. The first-order valence-electron chi connectivity index (χ1n) is 4.86. The summed E-state index contributed by atoms with van der Waals surface area (Å²) >= 11 is 3.08. The van der Waals surface area contributed by atoms with Crippen molar-refractivity contribution in [2.75, 3.05) is 4.72 Å². The summed E-state index contributed by atoms with van der Waals surface area (Å²) in [6, 6.07) is 3.68. The SMILES string of the molecule is O=[N+]([O-])c1ccc(Br)cc1S(=O)(=O)Nc1cn[nH]c1. The lowest BCUT2D eigenvalue weighted by molar-refractivity contribution is -0.387. The molecule has 0 amide bonds. The number of sulfonamides is 1. The third-order valence-electron chi connectivity index (χ3n) is 2.16. The van der Waals surface area contributed by atoms with Gasteiger partial charge in [-0.05, 0) is 12.1 Å². The average Bonchev–Trinajstić information content (AvgIpc) is 2.80. The van der Waals surface area contributed by atoms with Crippen molar-refractivity contribution in [3.05, 3.63) is 45.2 Å². The fourth-order valence-corrected chi connectivity index (χ4v) is 3.12. The maximum Gasteiger partial charge on any atom is 0.289 e. The molecule has 0 unspecified atom stereocenters. The minimum Gasteiger partial charge on any atom is -0.284 e. The van der Waals surface area contributed by atoms with Gasteiger partial charge in [-0.2, -0.15) is 5.10 Å². The van der Waals surface area contributed by atoms with Crippen LogP contribution in [0, 0.1) is 10.1 Å². The summed E-state index contributed by atoms with van der Waals surface area (Å²) < 4.78 is 26.8. The van der Waals surface area contributed by atoms with Crippen molar-refractivity contribution in [3.8, 4) is 0 Å². The van der Waals surface area contributed by atoms with E-state index < -0.39 is 25.5 Å². The van der Waals surface area contributed by atoms with Crippen LogP contribution in [0.15, 0.2) is 40.0 Å². The number of rotatable bonds is 4. The van der Waals surface area contributed by atoms with E-state index in [2.05, 4.69) is 30.8 Å². The average molecular weight is 347 g/mol. The quantitative estimate of drug-likeness (QED) is 0.647. The van der Waals surface area contributed by atoms with Crippen molar-refractivity contribution in [1.29, 1.82) is 0 Å². The molecule has 0 bridgehead atoms. The van der Waals surface area contributed by atoms with Gasteiger partial charge in [0.2, 0.25) is 0 Å². The van der Waals surface area contributed by atoms with E-state index in [0.717, 1.165) is 6.07 Å². The largest absolute Gasteiger partial charge is 0.289 e. The number of benzene rings is 1. The Morgan fingerprint density at radius 2 is 2.16 bits per heavy atom. The second kappa shape index (κ2) is 4.97. The van der Waals surface area contributed by atoms with Crippen molar-refractivity contribution >= 4 is 37.3 Å². The molecular weight excluding hydrogens is 340 g/mol. The van der Waals surface area contributed by atoms with Gasteiger partial charge in [-0.25, -0.2) is 8.42 Å². The summed E-state index contributed by atoms with van der Waals surface area (Å²) in [5.74, 6) is 0. The summed E-state index contributed by atoms with van der Waals surface area (Å²) in [5, 5.41) is 16.9. The van der Waals surface area contributed by atoms with E-state index in [1.54, 1.807) is 0 Å². The number of aromatic nitrogens is 2. The van der Waals surface area contributed by atoms with Crippen LogP contribution in [0.25, 0.3) is 0 Å². The van der Waals surface area contributed by atoms with Crippen LogP contribution in [0.3, 0.4) is 0 Å². The molecule has 2 rings (SSSR count). The van der Waals surface area contributed by atoms with Gasteiger partial charge < -0.3 is 0 Å². The van der Waals surface area contributed by atoms with E-state index in [1.165, 1.54) is 24.5 Å². The van der Waals surface area contributed by atoms with Crippen LogP contribution in [-0.4, -0.2) is 23.5 Å². The van der Waals surface area contributed by atoms with Gasteiger partial charge in [-0.1, -0.05) is 15.9 Å². The number of aromatic amines is 1. The van der Waals surface area contributed by atoms with E-state index in [0.29, 0.717) is 4.47 Å². The van der Waals surface area contributed by atoms with Gasteiger partial charge in [0.15, 0.2) is 4.90 Å². The Morgan fingerprint density at radius 1 is 1.42 bits per heavy atom. The lowest BCUT2D eigenvalue weighted by Gasteiger charge is -2.06. The molecule has 0 aliphatic heterocycles. The summed E-state index contributed by atoms with van der Waals surface area (Å²) in [6.07, 6.45) is 2.57. The van der Waals surface area contributed by atoms with E-state index in [4.69, 9.17) is 0 Å². The lowest BCUT2D eigenvalue weighted by Crippen LogP contribution is -2.14. The van der Waals surface area contributed by atoms with Gasteiger partial charge in [0.05, 0.1) is 16.8 Å². The molecule has 1 heterocycles. The molecule has 0 spiro atoms. The molecule has 2 aromatic rings. The van der Waals surface area contributed by atoms with E-state index in [-0.39, 0.29) is 5.69 Å². The minimum atomic E-state index is -4.06. The molecule has 0 atom stereocenters. The predicted octanol–water partition coefficient (Wildman–Crippen LogP) is 1.88. The first kappa shape index (κ1) is 13.5. The van der Waals surface area contributed by atoms with Crippen molar-refractivity contribution in [3.63, 3.8) is 0 Å². The van der Waals surface area contributed by atoms with Gasteiger partial charge in [-0.3, -0.25) is 19.9 Å². The van der Waals surface area contributed by atoms with E-state index in [1.807, 2.05) is 0 Å². The fourth-order valence-electron chi connectivity index (χ4n) is 1.37. The van der Waals surface area contributed by atoms with Gasteiger partial charge >= 0.3 is 0 Å². The zero-order valence-corrected chi connectivity index (χ0v) is 11.6. The molecule has 0 fully saturated rings. The lowest BCUT2D eigenvalue weighted by atomic mass is 10.3. The summed E-state index contributed by atoms with van der Waals surface area (Å²) in [7, 11) is -4.06. The van der Waals surface area contributed by atoms with Crippen molar-refractivity contribution in [2.45, 2.75) is 4.90 Å². The monoisotopic (exact) mass is 346 g/mol. The smallest absolute Gasteiger partial charge is 0.284 e. The Labute approximate surface area is 116 Å². The summed E-state index contributed by atoms with van der Waals surface area (Å²) in [4.78, 5) is 9.68. The molecule has 0 saturated carbocycles. The molecule has 19 heavy (non-hydrogen) atoms. The molecule has 0 radical (unpaired) electrons. The Kier molecular flexibility index (Phi) is 3.53. The van der Waals surface area contributed by atoms with Gasteiger partial charge in [0.1, 0.15) is 0 Å². The highest BCUT2D eigenvalue weighted by Crippen LogP contribution is 2.28. The number of nitro groups is 1. The molecule has 10 heteroatoms. The predicted molar refractivity (Wildman–Crippen MR) is 70.2 cm³/mol. The number of hydrogen-bond acceptors (Lipinski definition) is 5. The minimum absolute atomic E-state index is 0.189. The van der Waals surface area contributed by atoms with Crippen LogP contribution in [0.4, 0.5) is 11.4 Å². The second-order valence-electron chi connectivity index (χ2n) is 3.46. The zero-order valence-electron chi connectivity index (χ0n) is 9.20. The number of hydrogen-bond donors (Lipinski definition) is 2. The third kappa shape index (κ3) is 2.90. The zero-order chi connectivity index (χ0) is 14.0. The van der Waals surface area contributed by atoms with E-state index >= 15 is 0 Å². The number of anilines is 1. The van der Waals surface area contributed by atoms with Crippen molar-refractivity contribution in [2.24, 2.45) is 0 Å². The highest BCUT2D eigenvalue weighted by atomic mass is 79.9. The van der Waals surface area contributed by atoms with Crippen LogP contribution >= 0.6 is 15.9 Å². The molecule has 0 aliphatic rings. The number of halogens is 1. The Morgan fingerprint density at radius 3 is 2.74 bits per heavy atom. The highest BCUT2D eigenvalue weighted by molar-refractivity contribution is 9.10. The Balaban J connectivity index is 2.50. The normalized spacial score (nSPS) is 11.2. The summed E-state index contributed by atoms with van der Waals surface area (Å²) in [6.45, 7) is 0. The molecule has 1 aromatic heterocycles. The van der Waals surface area contributed by atoms with Crippen molar-refractivity contribution < 1.29 is 13.3 Å². The van der Waals surface area contributed by atoms with Crippen LogP contribution < -0.4 is 4.72 Å². The van der Waals surface area contributed by atoms with Crippen LogP contribution in [-0.2, 0) is 10.0 Å². The molecule has 1 aromatic carbocycles. The van der Waals surface area contributed by atoms with Gasteiger partial charge in [0, 0.05) is 16.7 Å². The second-order valence-corrected chi connectivity index (χ2v) is 6.03. The molecular formula is C9H7BrN4O4S. The summed E-state index contributed by atoms with van der Waals surface area (Å²) in [5.41, 5.74) is -0.312. The van der Waals surface area contributed by atoms with Crippen LogP contribution in [0.2, 0.25) is 0 Å². The first-order chi connectivity index (χ1) is 8.90. The number of nitrogens with one attached hydrogen (secondary N) is 2. The van der Waals surface area contributed by atoms with Gasteiger partial charge in [-0.15, -0.1) is 0 Å². The fraction of sp³-hybridized carbons (Fsp3) is 0. The topological polar surface area (TPSA) is 118 Å². The maximum absolute atomic E-state index is 12.1. The van der Waals surface area contributed by atoms with Crippen molar-refractivity contribution in [1.82, 2.24) is 10.2 Å². The maximum atomic E-state index is 12.1. The Bertz CT molecular complexity index is 714. The standard InChI is InChI=1S/C9H7BrN4O4S/c10-6-1-2-8(14(15)16)9(3-6)19(17,18)13-7-4-11-12-5-7/h1-5,13H,(H,11,12). The van der Waals surface area contributed by atoms with Crippen LogP contribution in [0.5, 0.6) is 0 Å².